The summed E-state index contributed by atoms with van der Waals surface area (Å²) in [7, 11) is 0. The topological polar surface area (TPSA) is 40.5 Å². The maximum Gasteiger partial charge on any atom is 0.345 e. The molecule has 0 amide bonds. The van der Waals surface area contributed by atoms with Crippen molar-refractivity contribution in [1.29, 1.82) is 0 Å². The summed E-state index contributed by atoms with van der Waals surface area (Å²) in [6.07, 6.45) is 4.26. The average Bonchev–Trinajstić information content (AvgIpc) is 2.91. The molecule has 0 aliphatic heterocycles. The van der Waals surface area contributed by atoms with E-state index >= 15 is 0 Å². The molecule has 1 heterocycles. The molecule has 15 heavy (non-hydrogen) atoms. The van der Waals surface area contributed by atoms with E-state index in [1.54, 1.807) is 6.07 Å². The highest BCUT2D eigenvalue weighted by Gasteiger charge is 2.29. The molecule has 0 atom stereocenters. The summed E-state index contributed by atoms with van der Waals surface area (Å²) in [6.45, 7) is 4.52. The fourth-order valence-corrected chi connectivity index (χ4v) is 2.32. The lowest BCUT2D eigenvalue weighted by molar-refractivity contribution is 0.0702. The van der Waals surface area contributed by atoms with Gasteiger partial charge in [-0.25, -0.2) is 4.79 Å². The fraction of sp³-hybridized carbons (Fsp3) is 0.364. The van der Waals surface area contributed by atoms with Crippen LogP contribution in [0.4, 0.5) is 5.69 Å². The van der Waals surface area contributed by atoms with Gasteiger partial charge in [0.2, 0.25) is 0 Å². The number of nitrogens with zero attached hydrogens (tertiary/aromatic N) is 1. The highest BCUT2D eigenvalue weighted by molar-refractivity contribution is 7.12. The minimum atomic E-state index is -0.847. The van der Waals surface area contributed by atoms with Gasteiger partial charge in [0.15, 0.2) is 0 Å². The maximum absolute atomic E-state index is 10.8. The molecule has 0 saturated heterocycles. The summed E-state index contributed by atoms with van der Waals surface area (Å²) in [5.41, 5.74) is 1.01. The second kappa shape index (κ2) is 4.06. The number of carboxylic acids is 1. The van der Waals surface area contributed by atoms with Crippen LogP contribution in [0.1, 0.15) is 22.5 Å². The van der Waals surface area contributed by atoms with E-state index in [1.165, 1.54) is 24.2 Å². The number of anilines is 1. The first-order chi connectivity index (χ1) is 7.22. The van der Waals surface area contributed by atoms with Crippen molar-refractivity contribution in [3.63, 3.8) is 0 Å². The summed E-state index contributed by atoms with van der Waals surface area (Å²) < 4.78 is 0. The van der Waals surface area contributed by atoms with Crippen LogP contribution in [0.15, 0.2) is 24.1 Å². The molecule has 0 aromatic carbocycles. The minimum absolute atomic E-state index is 0.403. The lowest BCUT2D eigenvalue weighted by Crippen LogP contribution is -2.24. The Labute approximate surface area is 92.6 Å². The summed E-state index contributed by atoms with van der Waals surface area (Å²) in [5, 5.41) is 10.7. The van der Waals surface area contributed by atoms with E-state index in [9.17, 15) is 4.79 Å². The molecule has 1 saturated carbocycles. The standard InChI is InChI=1S/C11H13NO2S/c1-2-5-12(8-3-4-8)9-6-10(11(13)14)15-7-9/h2,6-8H,1,3-5H2,(H,13,14). The van der Waals surface area contributed by atoms with Gasteiger partial charge in [0.05, 0.1) is 0 Å². The number of hydrogen-bond donors (Lipinski definition) is 1. The Kier molecular flexibility index (Phi) is 2.77. The Bertz CT molecular complexity index is 382. The van der Waals surface area contributed by atoms with Crippen molar-refractivity contribution in [2.45, 2.75) is 18.9 Å². The minimum Gasteiger partial charge on any atom is -0.477 e. The Morgan fingerprint density at radius 2 is 2.47 bits per heavy atom. The van der Waals surface area contributed by atoms with E-state index in [0.717, 1.165) is 12.2 Å². The van der Waals surface area contributed by atoms with Crippen LogP contribution in [0.25, 0.3) is 0 Å². The van der Waals surface area contributed by atoms with E-state index in [2.05, 4.69) is 11.5 Å². The fourth-order valence-electron chi connectivity index (χ4n) is 1.58. The van der Waals surface area contributed by atoms with Gasteiger partial charge >= 0.3 is 5.97 Å². The van der Waals surface area contributed by atoms with Crippen LogP contribution in [0.3, 0.4) is 0 Å². The second-order valence-electron chi connectivity index (χ2n) is 3.65. The number of aromatic carboxylic acids is 1. The van der Waals surface area contributed by atoms with Gasteiger partial charge in [0, 0.05) is 23.7 Å². The lowest BCUT2D eigenvalue weighted by Gasteiger charge is -2.20. The quantitative estimate of drug-likeness (QED) is 0.780. The molecule has 0 unspecified atom stereocenters. The van der Waals surface area contributed by atoms with E-state index in [4.69, 9.17) is 5.11 Å². The van der Waals surface area contributed by atoms with Gasteiger partial charge in [-0.05, 0) is 18.9 Å². The van der Waals surface area contributed by atoms with Gasteiger partial charge in [0.1, 0.15) is 4.88 Å². The summed E-state index contributed by atoms with van der Waals surface area (Å²) in [4.78, 5) is 13.4. The first kappa shape index (κ1) is 10.2. The Hall–Kier alpha value is -1.29. The molecule has 4 heteroatoms. The molecule has 1 aliphatic rings. The van der Waals surface area contributed by atoms with Crippen LogP contribution in [0.5, 0.6) is 0 Å². The van der Waals surface area contributed by atoms with Crippen LogP contribution < -0.4 is 4.90 Å². The van der Waals surface area contributed by atoms with Crippen LogP contribution in [-0.2, 0) is 0 Å². The van der Waals surface area contributed by atoms with Crippen LogP contribution >= 0.6 is 11.3 Å². The molecular formula is C11H13NO2S. The molecule has 1 fully saturated rings. The normalized spacial score (nSPS) is 14.9. The zero-order chi connectivity index (χ0) is 10.8. The van der Waals surface area contributed by atoms with E-state index in [1.807, 2.05) is 11.5 Å². The molecule has 1 aliphatic carbocycles. The Morgan fingerprint density at radius 1 is 1.73 bits per heavy atom. The predicted molar refractivity (Wildman–Crippen MR) is 61.8 cm³/mol. The molecule has 80 valence electrons. The van der Waals surface area contributed by atoms with Gasteiger partial charge in [0.25, 0.3) is 0 Å². The van der Waals surface area contributed by atoms with Crippen molar-refractivity contribution < 1.29 is 9.90 Å². The molecule has 0 spiro atoms. The highest BCUT2D eigenvalue weighted by atomic mass is 32.1. The number of hydrogen-bond acceptors (Lipinski definition) is 3. The third kappa shape index (κ3) is 2.21. The molecule has 1 aromatic rings. The van der Waals surface area contributed by atoms with Crippen LogP contribution in [0, 0.1) is 0 Å². The number of carboxylic acid groups (broad SMARTS) is 1. The third-order valence-corrected chi connectivity index (χ3v) is 3.35. The first-order valence-electron chi connectivity index (χ1n) is 4.91. The van der Waals surface area contributed by atoms with Gasteiger partial charge in [-0.1, -0.05) is 6.08 Å². The third-order valence-electron chi connectivity index (χ3n) is 2.44. The van der Waals surface area contributed by atoms with Gasteiger partial charge < -0.3 is 10.0 Å². The molecular weight excluding hydrogens is 210 g/mol. The lowest BCUT2D eigenvalue weighted by atomic mass is 10.3. The SMILES string of the molecule is C=CCN(c1csc(C(=O)O)c1)C1CC1. The Morgan fingerprint density at radius 3 is 2.93 bits per heavy atom. The maximum atomic E-state index is 10.8. The summed E-state index contributed by atoms with van der Waals surface area (Å²) in [6, 6.07) is 2.33. The van der Waals surface area contributed by atoms with E-state index in [-0.39, 0.29) is 0 Å². The number of carbonyl (C=O) groups is 1. The molecule has 1 aromatic heterocycles. The van der Waals surface area contributed by atoms with Crippen molar-refractivity contribution in [3.05, 3.63) is 29.0 Å². The monoisotopic (exact) mass is 223 g/mol. The van der Waals surface area contributed by atoms with E-state index in [0.29, 0.717) is 10.9 Å². The van der Waals surface area contributed by atoms with Gasteiger partial charge in [-0.15, -0.1) is 17.9 Å². The highest BCUT2D eigenvalue weighted by Crippen LogP contribution is 2.33. The molecule has 0 radical (unpaired) electrons. The van der Waals surface area contributed by atoms with Crippen molar-refractivity contribution in [2.75, 3.05) is 11.4 Å². The predicted octanol–water partition coefficient (Wildman–Crippen LogP) is 2.60. The molecule has 3 nitrogen and oxygen atoms in total. The van der Waals surface area contributed by atoms with Crippen molar-refractivity contribution >= 4 is 23.0 Å². The first-order valence-corrected chi connectivity index (χ1v) is 5.79. The van der Waals surface area contributed by atoms with Crippen molar-refractivity contribution in [2.24, 2.45) is 0 Å². The van der Waals surface area contributed by atoms with Crippen LogP contribution in [-0.4, -0.2) is 23.7 Å². The van der Waals surface area contributed by atoms with Gasteiger partial charge in [-0.3, -0.25) is 0 Å². The van der Waals surface area contributed by atoms with Gasteiger partial charge in [-0.2, -0.15) is 0 Å². The molecule has 1 N–H and O–H groups in total. The average molecular weight is 223 g/mol. The van der Waals surface area contributed by atoms with Crippen molar-refractivity contribution in [1.82, 2.24) is 0 Å². The van der Waals surface area contributed by atoms with Crippen LogP contribution in [0.2, 0.25) is 0 Å². The largest absolute Gasteiger partial charge is 0.477 e. The summed E-state index contributed by atoms with van der Waals surface area (Å²) in [5.74, 6) is -0.847. The van der Waals surface area contributed by atoms with E-state index < -0.39 is 5.97 Å². The van der Waals surface area contributed by atoms with Crippen molar-refractivity contribution in [3.8, 4) is 0 Å². The Balaban J connectivity index is 2.17. The number of rotatable bonds is 5. The molecule has 0 bridgehead atoms. The smallest absolute Gasteiger partial charge is 0.345 e. The summed E-state index contributed by atoms with van der Waals surface area (Å²) >= 11 is 1.28. The molecule has 2 rings (SSSR count). The zero-order valence-electron chi connectivity index (χ0n) is 8.35. The number of thiophene rings is 1. The zero-order valence-corrected chi connectivity index (χ0v) is 9.17. The second-order valence-corrected chi connectivity index (χ2v) is 4.56.